The molecular formula is C20H17BrN4O2. The van der Waals surface area contributed by atoms with Gasteiger partial charge in [0.1, 0.15) is 11.5 Å². The molecule has 7 heteroatoms. The highest BCUT2D eigenvalue weighted by Crippen LogP contribution is 2.37. The number of fused-ring (bicyclic) bond motifs is 1. The molecule has 0 unspecified atom stereocenters. The topological polar surface area (TPSA) is 71.7 Å². The Morgan fingerprint density at radius 3 is 2.81 bits per heavy atom. The lowest BCUT2D eigenvalue weighted by molar-refractivity contribution is 0.373. The summed E-state index contributed by atoms with van der Waals surface area (Å²) in [5, 5.41) is 13.4. The maximum atomic E-state index is 9.91. The fourth-order valence-electron chi connectivity index (χ4n) is 2.90. The van der Waals surface area contributed by atoms with Gasteiger partial charge in [0.25, 0.3) is 0 Å². The number of nitrogens with one attached hydrogen (secondary N) is 1. The molecule has 0 aliphatic heterocycles. The number of anilines is 2. The highest BCUT2D eigenvalue weighted by atomic mass is 79.9. The monoisotopic (exact) mass is 424 g/mol. The number of hydrogen-bond acceptors (Lipinski definition) is 5. The molecule has 0 spiro atoms. The first-order chi connectivity index (χ1) is 13.1. The quantitative estimate of drug-likeness (QED) is 0.486. The van der Waals surface area contributed by atoms with Gasteiger partial charge in [-0.2, -0.15) is 0 Å². The van der Waals surface area contributed by atoms with Crippen molar-refractivity contribution in [2.24, 2.45) is 0 Å². The number of phenols is 1. The maximum Gasteiger partial charge on any atom is 0.161 e. The number of phenolic OH excluding ortho intramolecular Hbond substituents is 1. The largest absolute Gasteiger partial charge is 0.504 e. The van der Waals surface area contributed by atoms with Gasteiger partial charge >= 0.3 is 0 Å². The summed E-state index contributed by atoms with van der Waals surface area (Å²) in [6.07, 6.45) is 5.27. The lowest BCUT2D eigenvalue weighted by Gasteiger charge is -2.12. The number of nitrogens with zero attached hydrogens (tertiary/aromatic N) is 3. The van der Waals surface area contributed by atoms with Crippen molar-refractivity contribution in [1.29, 1.82) is 0 Å². The molecule has 27 heavy (non-hydrogen) atoms. The van der Waals surface area contributed by atoms with Crippen molar-refractivity contribution in [1.82, 2.24) is 14.4 Å². The van der Waals surface area contributed by atoms with Crippen molar-refractivity contribution in [3.8, 4) is 22.8 Å². The van der Waals surface area contributed by atoms with Crippen molar-refractivity contribution >= 4 is 33.1 Å². The van der Waals surface area contributed by atoms with Gasteiger partial charge in [-0.1, -0.05) is 6.07 Å². The second kappa shape index (κ2) is 6.92. The molecule has 4 aromatic rings. The van der Waals surface area contributed by atoms with E-state index >= 15 is 0 Å². The van der Waals surface area contributed by atoms with Crippen LogP contribution in [0.5, 0.6) is 11.5 Å². The van der Waals surface area contributed by atoms with Crippen LogP contribution in [-0.4, -0.2) is 26.6 Å². The summed E-state index contributed by atoms with van der Waals surface area (Å²) >= 11 is 3.61. The van der Waals surface area contributed by atoms with Gasteiger partial charge in [-0.25, -0.2) is 4.98 Å². The van der Waals surface area contributed by atoms with Gasteiger partial charge in [0.15, 0.2) is 17.1 Å². The predicted octanol–water partition coefficient (Wildman–Crippen LogP) is 4.93. The fourth-order valence-corrected chi connectivity index (χ4v) is 3.49. The van der Waals surface area contributed by atoms with E-state index in [9.17, 15) is 5.11 Å². The lowest BCUT2D eigenvalue weighted by atomic mass is 10.1. The Morgan fingerprint density at radius 2 is 2.04 bits per heavy atom. The Balaban J connectivity index is 1.89. The molecule has 0 bridgehead atoms. The predicted molar refractivity (Wildman–Crippen MR) is 109 cm³/mol. The molecule has 2 aromatic carbocycles. The van der Waals surface area contributed by atoms with E-state index in [1.54, 1.807) is 24.5 Å². The highest BCUT2D eigenvalue weighted by molar-refractivity contribution is 9.10. The summed E-state index contributed by atoms with van der Waals surface area (Å²) in [6.45, 7) is 2.04. The van der Waals surface area contributed by atoms with Crippen molar-refractivity contribution < 1.29 is 9.84 Å². The summed E-state index contributed by atoms with van der Waals surface area (Å²) in [7, 11) is 1.52. The smallest absolute Gasteiger partial charge is 0.161 e. The number of methoxy groups -OCH3 is 1. The van der Waals surface area contributed by atoms with Crippen LogP contribution in [-0.2, 0) is 0 Å². The van der Waals surface area contributed by atoms with Crippen LogP contribution in [0, 0.1) is 6.92 Å². The van der Waals surface area contributed by atoms with Crippen LogP contribution >= 0.6 is 15.9 Å². The molecule has 0 radical (unpaired) electrons. The zero-order chi connectivity index (χ0) is 19.0. The molecule has 136 valence electrons. The van der Waals surface area contributed by atoms with Crippen LogP contribution in [0.15, 0.2) is 59.5 Å². The summed E-state index contributed by atoms with van der Waals surface area (Å²) in [5.41, 5.74) is 4.35. The standard InChI is InChI=1S/C20H17BrN4O2/c1-12-3-5-15(14(21)9-12)23-20-19(24-18-11-22-7-8-25(18)20)13-4-6-16(26)17(10-13)27-2/h3-11,23,26H,1-2H3. The first kappa shape index (κ1) is 17.4. The molecule has 2 aromatic heterocycles. The minimum Gasteiger partial charge on any atom is -0.504 e. The molecule has 0 saturated carbocycles. The Hall–Kier alpha value is -3.06. The Morgan fingerprint density at radius 1 is 1.19 bits per heavy atom. The number of imidazole rings is 1. The minimum absolute atomic E-state index is 0.0856. The molecule has 4 rings (SSSR count). The van der Waals surface area contributed by atoms with Crippen LogP contribution in [0.3, 0.4) is 0 Å². The second-order valence-electron chi connectivity index (χ2n) is 6.11. The molecule has 2 N–H and O–H groups in total. The van der Waals surface area contributed by atoms with Crippen LogP contribution in [0.1, 0.15) is 5.56 Å². The van der Waals surface area contributed by atoms with E-state index in [1.165, 1.54) is 12.7 Å². The normalized spacial score (nSPS) is 10.9. The van der Waals surface area contributed by atoms with Gasteiger partial charge in [-0.15, -0.1) is 0 Å². The van der Waals surface area contributed by atoms with Crippen LogP contribution in [0.25, 0.3) is 16.9 Å². The molecule has 2 heterocycles. The SMILES string of the molecule is COc1cc(-c2nc3cnccn3c2Nc2ccc(C)cc2Br)ccc1O. The third-order valence-electron chi connectivity index (χ3n) is 4.26. The molecule has 6 nitrogen and oxygen atoms in total. The number of aryl methyl sites for hydroxylation is 1. The number of rotatable bonds is 4. The molecule has 0 atom stereocenters. The van der Waals surface area contributed by atoms with Gasteiger partial charge < -0.3 is 15.2 Å². The van der Waals surface area contributed by atoms with Crippen molar-refractivity contribution in [2.45, 2.75) is 6.92 Å². The number of benzene rings is 2. The summed E-state index contributed by atoms with van der Waals surface area (Å²) in [5.74, 6) is 1.28. The number of hydrogen-bond donors (Lipinski definition) is 2. The van der Waals surface area contributed by atoms with E-state index in [-0.39, 0.29) is 5.75 Å². The van der Waals surface area contributed by atoms with Crippen molar-refractivity contribution in [2.75, 3.05) is 12.4 Å². The first-order valence-corrected chi connectivity index (χ1v) is 9.09. The summed E-state index contributed by atoms with van der Waals surface area (Å²) in [6, 6.07) is 11.3. The van der Waals surface area contributed by atoms with E-state index in [4.69, 9.17) is 9.72 Å². The number of aromatic hydroxyl groups is 1. The van der Waals surface area contributed by atoms with Crippen molar-refractivity contribution in [3.63, 3.8) is 0 Å². The number of aromatic nitrogens is 3. The van der Waals surface area contributed by atoms with Crippen LogP contribution < -0.4 is 10.1 Å². The molecule has 0 amide bonds. The number of halogens is 1. The molecule has 0 saturated heterocycles. The zero-order valence-corrected chi connectivity index (χ0v) is 16.4. The number of ether oxygens (including phenoxy) is 1. The molecule has 0 aliphatic rings. The van der Waals surface area contributed by atoms with E-state index in [0.29, 0.717) is 11.4 Å². The molecular weight excluding hydrogens is 408 g/mol. The third kappa shape index (κ3) is 3.21. The van der Waals surface area contributed by atoms with E-state index in [1.807, 2.05) is 35.7 Å². The van der Waals surface area contributed by atoms with Crippen LogP contribution in [0.2, 0.25) is 0 Å². The van der Waals surface area contributed by atoms with Gasteiger partial charge in [-0.3, -0.25) is 9.38 Å². The van der Waals surface area contributed by atoms with E-state index < -0.39 is 0 Å². The van der Waals surface area contributed by atoms with Gasteiger partial charge in [0.2, 0.25) is 0 Å². The van der Waals surface area contributed by atoms with Gasteiger partial charge in [0.05, 0.1) is 19.0 Å². The summed E-state index contributed by atoms with van der Waals surface area (Å²) < 4.78 is 8.14. The van der Waals surface area contributed by atoms with E-state index in [2.05, 4.69) is 32.3 Å². The van der Waals surface area contributed by atoms with Gasteiger partial charge in [-0.05, 0) is 58.7 Å². The zero-order valence-electron chi connectivity index (χ0n) is 14.8. The second-order valence-corrected chi connectivity index (χ2v) is 6.96. The third-order valence-corrected chi connectivity index (χ3v) is 4.92. The molecule has 0 aliphatic carbocycles. The average Bonchev–Trinajstić information content (AvgIpc) is 3.03. The average molecular weight is 425 g/mol. The Bertz CT molecular complexity index is 1140. The minimum atomic E-state index is 0.0856. The first-order valence-electron chi connectivity index (χ1n) is 8.29. The highest BCUT2D eigenvalue weighted by Gasteiger charge is 2.17. The fraction of sp³-hybridized carbons (Fsp3) is 0.100. The molecule has 0 fully saturated rings. The van der Waals surface area contributed by atoms with E-state index in [0.717, 1.165) is 27.2 Å². The van der Waals surface area contributed by atoms with Crippen molar-refractivity contribution in [3.05, 3.63) is 65.0 Å². The van der Waals surface area contributed by atoms with Gasteiger partial charge in [0, 0.05) is 22.4 Å². The Kier molecular flexibility index (Phi) is 4.45. The maximum absolute atomic E-state index is 9.91. The summed E-state index contributed by atoms with van der Waals surface area (Å²) in [4.78, 5) is 8.88. The van der Waals surface area contributed by atoms with Crippen LogP contribution in [0.4, 0.5) is 11.5 Å². The lowest BCUT2D eigenvalue weighted by Crippen LogP contribution is -1.98. The Labute approximate surface area is 164 Å².